The van der Waals surface area contributed by atoms with Gasteiger partial charge in [0, 0.05) is 12.6 Å². The first-order chi connectivity index (χ1) is 7.86. The summed E-state index contributed by atoms with van der Waals surface area (Å²) in [7, 11) is 0. The predicted octanol–water partition coefficient (Wildman–Crippen LogP) is 1.34. The largest absolute Gasteiger partial charge is 0.481 e. The lowest BCUT2D eigenvalue weighted by molar-refractivity contribution is -0.153. The third-order valence-corrected chi connectivity index (χ3v) is 4.17. The first-order valence-electron chi connectivity index (χ1n) is 6.14. The van der Waals surface area contributed by atoms with E-state index in [1.807, 2.05) is 0 Å². The fraction of sp³-hybridized carbons (Fsp3) is 0.833. The molecule has 2 aliphatic carbocycles. The van der Waals surface area contributed by atoms with Crippen LogP contribution in [0.1, 0.15) is 39.5 Å². The fourth-order valence-electron chi connectivity index (χ4n) is 2.24. The summed E-state index contributed by atoms with van der Waals surface area (Å²) in [6.45, 7) is 4.44. The van der Waals surface area contributed by atoms with Crippen LogP contribution in [-0.2, 0) is 4.79 Å². The Morgan fingerprint density at radius 2 is 1.94 bits per heavy atom. The Bertz CT molecular complexity index is 348. The summed E-state index contributed by atoms with van der Waals surface area (Å²) in [6.07, 6.45) is 3.25. The summed E-state index contributed by atoms with van der Waals surface area (Å²) < 4.78 is 0. The Morgan fingerprint density at radius 3 is 2.29 bits per heavy atom. The summed E-state index contributed by atoms with van der Waals surface area (Å²) in [6, 6.07) is -0.0160. The predicted molar refractivity (Wildman–Crippen MR) is 62.6 cm³/mol. The zero-order valence-electron chi connectivity index (χ0n) is 10.4. The van der Waals surface area contributed by atoms with Crippen LogP contribution in [-0.4, -0.2) is 29.7 Å². The van der Waals surface area contributed by atoms with Gasteiger partial charge in [0.1, 0.15) is 0 Å². The van der Waals surface area contributed by atoms with E-state index in [-0.39, 0.29) is 24.0 Å². The van der Waals surface area contributed by atoms with Crippen molar-refractivity contribution in [3.63, 3.8) is 0 Å². The number of hydrogen-bond acceptors (Lipinski definition) is 2. The molecule has 0 radical (unpaired) electrons. The molecule has 2 amide bonds. The number of amides is 2. The number of carbonyl (C=O) groups excluding carboxylic acids is 1. The van der Waals surface area contributed by atoms with E-state index in [1.165, 1.54) is 0 Å². The molecule has 3 N–H and O–H groups in total. The molecule has 96 valence electrons. The van der Waals surface area contributed by atoms with Crippen molar-refractivity contribution in [1.82, 2.24) is 10.6 Å². The van der Waals surface area contributed by atoms with Gasteiger partial charge in [-0.05, 0) is 24.7 Å². The molecule has 5 nitrogen and oxygen atoms in total. The van der Waals surface area contributed by atoms with E-state index in [0.29, 0.717) is 12.8 Å². The number of aliphatic carboxylic acids is 1. The average molecular weight is 240 g/mol. The lowest BCUT2D eigenvalue weighted by Crippen LogP contribution is -2.50. The minimum absolute atomic E-state index is 0.193. The molecule has 0 aromatic rings. The van der Waals surface area contributed by atoms with Gasteiger partial charge in [-0.3, -0.25) is 4.79 Å². The van der Waals surface area contributed by atoms with E-state index in [9.17, 15) is 9.59 Å². The van der Waals surface area contributed by atoms with Crippen molar-refractivity contribution < 1.29 is 14.7 Å². The maximum atomic E-state index is 11.6. The van der Waals surface area contributed by atoms with E-state index >= 15 is 0 Å². The van der Waals surface area contributed by atoms with Crippen LogP contribution in [0, 0.1) is 10.8 Å². The van der Waals surface area contributed by atoms with Gasteiger partial charge in [0.05, 0.1) is 5.41 Å². The van der Waals surface area contributed by atoms with E-state index < -0.39 is 11.4 Å². The maximum Gasteiger partial charge on any atom is 0.315 e. The zero-order valence-corrected chi connectivity index (χ0v) is 10.4. The number of urea groups is 1. The normalized spacial score (nSPS) is 27.8. The van der Waals surface area contributed by atoms with Crippen LogP contribution in [0.2, 0.25) is 0 Å². The molecule has 2 fully saturated rings. The Labute approximate surface area is 101 Å². The van der Waals surface area contributed by atoms with Gasteiger partial charge < -0.3 is 15.7 Å². The Balaban J connectivity index is 1.75. The number of hydrogen-bond donors (Lipinski definition) is 3. The van der Waals surface area contributed by atoms with Gasteiger partial charge in [-0.25, -0.2) is 4.79 Å². The first kappa shape index (κ1) is 12.2. The lowest BCUT2D eigenvalue weighted by atomic mass is 9.69. The second kappa shape index (κ2) is 3.89. The molecule has 0 heterocycles. The Kier molecular flexibility index (Phi) is 2.79. The van der Waals surface area contributed by atoms with Crippen LogP contribution in [0.5, 0.6) is 0 Å². The minimum Gasteiger partial charge on any atom is -0.481 e. The fourth-order valence-corrected chi connectivity index (χ4v) is 2.24. The molecule has 0 aromatic heterocycles. The highest BCUT2D eigenvalue weighted by atomic mass is 16.4. The maximum absolute atomic E-state index is 11.6. The smallest absolute Gasteiger partial charge is 0.315 e. The van der Waals surface area contributed by atoms with Crippen molar-refractivity contribution in [3.05, 3.63) is 0 Å². The molecular formula is C12H20N2O3. The van der Waals surface area contributed by atoms with Crippen molar-refractivity contribution in [2.24, 2.45) is 10.8 Å². The summed E-state index contributed by atoms with van der Waals surface area (Å²) >= 11 is 0. The van der Waals surface area contributed by atoms with Crippen molar-refractivity contribution in [2.45, 2.75) is 45.6 Å². The molecule has 0 saturated heterocycles. The summed E-state index contributed by atoms with van der Waals surface area (Å²) in [5.41, 5.74) is -0.519. The lowest BCUT2D eigenvalue weighted by Gasteiger charge is -2.37. The molecule has 1 unspecified atom stereocenters. The monoisotopic (exact) mass is 240 g/mol. The summed E-state index contributed by atoms with van der Waals surface area (Å²) in [5, 5.41) is 14.6. The van der Waals surface area contributed by atoms with Crippen LogP contribution >= 0.6 is 0 Å². The Morgan fingerprint density at radius 1 is 1.35 bits per heavy atom. The molecule has 2 rings (SSSR count). The molecule has 0 spiro atoms. The number of carbonyl (C=O) groups is 2. The molecule has 17 heavy (non-hydrogen) atoms. The highest BCUT2D eigenvalue weighted by Crippen LogP contribution is 2.44. The van der Waals surface area contributed by atoms with Gasteiger partial charge in [0.15, 0.2) is 0 Å². The molecule has 2 aliphatic rings. The highest BCUT2D eigenvalue weighted by molar-refractivity contribution is 5.79. The van der Waals surface area contributed by atoms with Gasteiger partial charge in [-0.15, -0.1) is 0 Å². The number of nitrogens with one attached hydrogen (secondary N) is 2. The van der Waals surface area contributed by atoms with Gasteiger partial charge in [-0.1, -0.05) is 20.3 Å². The van der Waals surface area contributed by atoms with Gasteiger partial charge in [-0.2, -0.15) is 0 Å². The van der Waals surface area contributed by atoms with Crippen molar-refractivity contribution >= 4 is 12.0 Å². The highest BCUT2D eigenvalue weighted by Gasteiger charge is 2.47. The van der Waals surface area contributed by atoms with Gasteiger partial charge >= 0.3 is 12.0 Å². The standard InChI is InChI=1S/C12H20N2O3/c1-11(2)6-8(11)14-10(17)13-7-12(9(15)16)4-3-5-12/h8H,3-7H2,1-2H3,(H,15,16)(H2,13,14,17). The summed E-state index contributed by atoms with van der Waals surface area (Å²) in [5.74, 6) is -0.796. The third-order valence-electron chi connectivity index (χ3n) is 4.17. The third kappa shape index (κ3) is 2.37. The van der Waals surface area contributed by atoms with Crippen molar-refractivity contribution in [1.29, 1.82) is 0 Å². The number of rotatable bonds is 4. The number of carboxylic acids is 1. The van der Waals surface area contributed by atoms with Crippen molar-refractivity contribution in [3.8, 4) is 0 Å². The van der Waals surface area contributed by atoms with Gasteiger partial charge in [0.2, 0.25) is 0 Å². The quantitative estimate of drug-likeness (QED) is 0.694. The molecular weight excluding hydrogens is 220 g/mol. The first-order valence-corrected chi connectivity index (χ1v) is 6.14. The van der Waals surface area contributed by atoms with Crippen LogP contribution in [0.4, 0.5) is 4.79 Å². The zero-order chi connectivity index (χ0) is 12.7. The van der Waals surface area contributed by atoms with Crippen molar-refractivity contribution in [2.75, 3.05) is 6.54 Å². The molecule has 0 aromatic carbocycles. The molecule has 2 saturated carbocycles. The average Bonchev–Trinajstić information content (AvgIpc) is 2.70. The van der Waals surface area contributed by atoms with E-state index in [1.54, 1.807) is 0 Å². The molecule has 5 heteroatoms. The van der Waals surface area contributed by atoms with E-state index in [4.69, 9.17) is 5.11 Å². The second-order valence-corrected chi connectivity index (χ2v) is 6.01. The van der Waals surface area contributed by atoms with E-state index in [0.717, 1.165) is 12.8 Å². The molecule has 0 aliphatic heterocycles. The topological polar surface area (TPSA) is 78.4 Å². The second-order valence-electron chi connectivity index (χ2n) is 6.01. The molecule has 1 atom stereocenters. The SMILES string of the molecule is CC1(C)CC1NC(=O)NCC1(C(=O)O)CCC1. The van der Waals surface area contributed by atoms with Crippen LogP contribution in [0.3, 0.4) is 0 Å². The number of carboxylic acid groups (broad SMARTS) is 1. The summed E-state index contributed by atoms with van der Waals surface area (Å²) in [4.78, 5) is 22.7. The van der Waals surface area contributed by atoms with E-state index in [2.05, 4.69) is 24.5 Å². The van der Waals surface area contributed by atoms with Crippen LogP contribution < -0.4 is 10.6 Å². The minimum atomic E-state index is -0.796. The Hall–Kier alpha value is -1.26. The van der Waals surface area contributed by atoms with Gasteiger partial charge in [0.25, 0.3) is 0 Å². The molecule has 0 bridgehead atoms. The van der Waals surface area contributed by atoms with Crippen LogP contribution in [0.15, 0.2) is 0 Å². The van der Waals surface area contributed by atoms with Crippen LogP contribution in [0.25, 0.3) is 0 Å².